The molecule has 0 saturated heterocycles. The number of hydrogen-bond donors (Lipinski definition) is 2. The van der Waals surface area contributed by atoms with E-state index in [1.165, 1.54) is 0 Å². The summed E-state index contributed by atoms with van der Waals surface area (Å²) in [5.74, 6) is -0.118. The van der Waals surface area contributed by atoms with Gasteiger partial charge in [0, 0.05) is 22.3 Å². The Bertz CT molecular complexity index is 577. The third-order valence-electron chi connectivity index (χ3n) is 2.57. The van der Waals surface area contributed by atoms with Gasteiger partial charge in [0.15, 0.2) is 0 Å². The van der Waals surface area contributed by atoms with E-state index in [2.05, 4.69) is 10.3 Å². The second kappa shape index (κ2) is 5.18. The SMILES string of the molecule is Cc1csc(CNC(=O)c2cc(N)ccc2C)n1. The van der Waals surface area contributed by atoms with Crippen LogP contribution in [0, 0.1) is 13.8 Å². The molecule has 0 spiro atoms. The number of hydrogen-bond acceptors (Lipinski definition) is 4. The summed E-state index contributed by atoms with van der Waals surface area (Å²) in [5.41, 5.74) is 8.78. The Labute approximate surface area is 110 Å². The number of nitrogen functional groups attached to an aromatic ring is 1. The van der Waals surface area contributed by atoms with Crippen LogP contribution >= 0.6 is 11.3 Å². The average Bonchev–Trinajstić information content (AvgIpc) is 2.75. The third-order valence-corrected chi connectivity index (χ3v) is 3.54. The molecule has 0 atom stereocenters. The maximum Gasteiger partial charge on any atom is 0.251 e. The first-order chi connectivity index (χ1) is 8.56. The van der Waals surface area contributed by atoms with E-state index in [9.17, 15) is 4.79 Å². The molecule has 0 saturated carbocycles. The lowest BCUT2D eigenvalue weighted by Crippen LogP contribution is -2.23. The highest BCUT2D eigenvalue weighted by Gasteiger charge is 2.09. The molecule has 1 aromatic heterocycles. The van der Waals surface area contributed by atoms with Crippen LogP contribution in [0.3, 0.4) is 0 Å². The Hall–Kier alpha value is -1.88. The van der Waals surface area contributed by atoms with Crippen molar-refractivity contribution in [1.29, 1.82) is 0 Å². The van der Waals surface area contributed by atoms with Crippen molar-refractivity contribution in [3.8, 4) is 0 Å². The standard InChI is InChI=1S/C13H15N3OS/c1-8-3-4-10(14)5-11(8)13(17)15-6-12-16-9(2)7-18-12/h3-5,7H,6,14H2,1-2H3,(H,15,17). The monoisotopic (exact) mass is 261 g/mol. The van der Waals surface area contributed by atoms with Crippen molar-refractivity contribution < 1.29 is 4.79 Å². The van der Waals surface area contributed by atoms with E-state index in [0.717, 1.165) is 16.3 Å². The van der Waals surface area contributed by atoms with Gasteiger partial charge in [-0.15, -0.1) is 11.3 Å². The van der Waals surface area contributed by atoms with Crippen LogP contribution in [-0.2, 0) is 6.54 Å². The zero-order valence-corrected chi connectivity index (χ0v) is 11.2. The molecule has 1 aromatic carbocycles. The van der Waals surface area contributed by atoms with Gasteiger partial charge in [-0.2, -0.15) is 0 Å². The molecule has 1 heterocycles. The Morgan fingerprint density at radius 1 is 1.44 bits per heavy atom. The van der Waals surface area contributed by atoms with Gasteiger partial charge in [-0.05, 0) is 31.5 Å². The van der Waals surface area contributed by atoms with Gasteiger partial charge in [-0.25, -0.2) is 4.98 Å². The van der Waals surface area contributed by atoms with E-state index in [-0.39, 0.29) is 5.91 Å². The normalized spacial score (nSPS) is 10.3. The molecule has 94 valence electrons. The van der Waals surface area contributed by atoms with Crippen LogP contribution < -0.4 is 11.1 Å². The minimum absolute atomic E-state index is 0.118. The number of nitrogens with zero attached hydrogens (tertiary/aromatic N) is 1. The van der Waals surface area contributed by atoms with E-state index < -0.39 is 0 Å². The minimum Gasteiger partial charge on any atom is -0.399 e. The molecule has 3 N–H and O–H groups in total. The van der Waals surface area contributed by atoms with Gasteiger partial charge in [0.2, 0.25) is 0 Å². The van der Waals surface area contributed by atoms with Crippen LogP contribution in [0.15, 0.2) is 23.6 Å². The summed E-state index contributed by atoms with van der Waals surface area (Å²) < 4.78 is 0. The van der Waals surface area contributed by atoms with Crippen molar-refractivity contribution in [2.45, 2.75) is 20.4 Å². The number of aromatic nitrogens is 1. The van der Waals surface area contributed by atoms with Gasteiger partial charge in [0.25, 0.3) is 5.91 Å². The van der Waals surface area contributed by atoms with Crippen LogP contribution in [0.25, 0.3) is 0 Å². The molecule has 5 heteroatoms. The number of carbonyl (C=O) groups is 1. The third kappa shape index (κ3) is 2.87. The van der Waals surface area contributed by atoms with Crippen molar-refractivity contribution in [2.24, 2.45) is 0 Å². The number of thiazole rings is 1. The van der Waals surface area contributed by atoms with Crippen LogP contribution in [0.1, 0.15) is 26.6 Å². The summed E-state index contributed by atoms with van der Waals surface area (Å²) in [6, 6.07) is 5.33. The molecular formula is C13H15N3OS. The first kappa shape index (κ1) is 12.6. The molecule has 0 aliphatic rings. The maximum atomic E-state index is 12.0. The molecule has 0 unspecified atom stereocenters. The number of rotatable bonds is 3. The highest BCUT2D eigenvalue weighted by Crippen LogP contribution is 2.13. The molecule has 2 aromatic rings. The average molecular weight is 261 g/mol. The molecule has 4 nitrogen and oxygen atoms in total. The second-order valence-corrected chi connectivity index (χ2v) is 5.08. The van der Waals surface area contributed by atoms with Gasteiger partial charge in [0.05, 0.1) is 6.54 Å². The van der Waals surface area contributed by atoms with Crippen molar-refractivity contribution in [1.82, 2.24) is 10.3 Å². The fourth-order valence-electron chi connectivity index (χ4n) is 1.62. The molecule has 0 radical (unpaired) electrons. The first-order valence-corrected chi connectivity index (χ1v) is 6.49. The maximum absolute atomic E-state index is 12.0. The largest absolute Gasteiger partial charge is 0.399 e. The van der Waals surface area contributed by atoms with Crippen molar-refractivity contribution in [3.05, 3.63) is 45.4 Å². The lowest BCUT2D eigenvalue weighted by atomic mass is 10.1. The molecule has 18 heavy (non-hydrogen) atoms. The number of aryl methyl sites for hydroxylation is 2. The van der Waals surface area contributed by atoms with E-state index in [1.54, 1.807) is 23.5 Å². The van der Waals surface area contributed by atoms with Gasteiger partial charge < -0.3 is 11.1 Å². The topological polar surface area (TPSA) is 68.0 Å². The van der Waals surface area contributed by atoms with Crippen molar-refractivity contribution in [2.75, 3.05) is 5.73 Å². The Morgan fingerprint density at radius 3 is 2.89 bits per heavy atom. The van der Waals surface area contributed by atoms with Crippen LogP contribution in [0.2, 0.25) is 0 Å². The quantitative estimate of drug-likeness (QED) is 0.833. The van der Waals surface area contributed by atoms with E-state index in [0.29, 0.717) is 17.8 Å². The Kier molecular flexibility index (Phi) is 3.62. The summed E-state index contributed by atoms with van der Waals surface area (Å²) in [6.45, 7) is 4.28. The number of carbonyl (C=O) groups excluding carboxylic acids is 1. The van der Waals surface area contributed by atoms with Gasteiger partial charge in [0.1, 0.15) is 5.01 Å². The molecule has 0 aliphatic carbocycles. The summed E-state index contributed by atoms with van der Waals surface area (Å²) in [4.78, 5) is 16.3. The zero-order chi connectivity index (χ0) is 13.1. The van der Waals surface area contributed by atoms with Crippen LogP contribution in [-0.4, -0.2) is 10.9 Å². The van der Waals surface area contributed by atoms with E-state index in [4.69, 9.17) is 5.73 Å². The van der Waals surface area contributed by atoms with Gasteiger partial charge >= 0.3 is 0 Å². The zero-order valence-electron chi connectivity index (χ0n) is 10.4. The van der Waals surface area contributed by atoms with Crippen molar-refractivity contribution >= 4 is 22.9 Å². The lowest BCUT2D eigenvalue weighted by Gasteiger charge is -2.07. The summed E-state index contributed by atoms with van der Waals surface area (Å²) >= 11 is 1.54. The number of amides is 1. The smallest absolute Gasteiger partial charge is 0.251 e. The molecule has 0 fully saturated rings. The summed E-state index contributed by atoms with van der Waals surface area (Å²) in [7, 11) is 0. The fourth-order valence-corrected chi connectivity index (χ4v) is 2.33. The number of anilines is 1. The summed E-state index contributed by atoms with van der Waals surface area (Å²) in [5, 5.41) is 5.72. The number of benzene rings is 1. The fraction of sp³-hybridized carbons (Fsp3) is 0.231. The molecule has 1 amide bonds. The highest BCUT2D eigenvalue weighted by molar-refractivity contribution is 7.09. The Morgan fingerprint density at radius 2 is 2.22 bits per heavy atom. The van der Waals surface area contributed by atoms with Crippen LogP contribution in [0.5, 0.6) is 0 Å². The predicted octanol–water partition coefficient (Wildman–Crippen LogP) is 2.27. The second-order valence-electron chi connectivity index (χ2n) is 4.14. The van der Waals surface area contributed by atoms with Crippen LogP contribution in [0.4, 0.5) is 5.69 Å². The molecule has 0 bridgehead atoms. The Balaban J connectivity index is 2.05. The first-order valence-electron chi connectivity index (χ1n) is 5.61. The number of nitrogens with two attached hydrogens (primary N) is 1. The van der Waals surface area contributed by atoms with Gasteiger partial charge in [-0.1, -0.05) is 6.07 Å². The highest BCUT2D eigenvalue weighted by atomic mass is 32.1. The minimum atomic E-state index is -0.118. The van der Waals surface area contributed by atoms with Gasteiger partial charge in [-0.3, -0.25) is 4.79 Å². The molecular weight excluding hydrogens is 246 g/mol. The molecule has 0 aliphatic heterocycles. The molecule has 2 rings (SSSR count). The lowest BCUT2D eigenvalue weighted by molar-refractivity contribution is 0.0950. The number of nitrogens with one attached hydrogen (secondary N) is 1. The van der Waals surface area contributed by atoms with E-state index >= 15 is 0 Å². The predicted molar refractivity (Wildman–Crippen MR) is 73.6 cm³/mol. The summed E-state index contributed by atoms with van der Waals surface area (Å²) in [6.07, 6.45) is 0. The van der Waals surface area contributed by atoms with Crippen molar-refractivity contribution in [3.63, 3.8) is 0 Å². The van der Waals surface area contributed by atoms with E-state index in [1.807, 2.05) is 25.3 Å².